The quantitative estimate of drug-likeness (QED) is 0.791. The van der Waals surface area contributed by atoms with E-state index in [1.54, 1.807) is 11.3 Å². The lowest BCUT2D eigenvalue weighted by molar-refractivity contribution is -0.126. The number of carbonyl (C=O) groups excluding carboxylic acids is 1. The van der Waals surface area contributed by atoms with Crippen LogP contribution in [0.3, 0.4) is 0 Å². The molecule has 25 heavy (non-hydrogen) atoms. The number of hydrogen-bond acceptors (Lipinski definition) is 6. The molecule has 3 rings (SSSR count). The van der Waals surface area contributed by atoms with Crippen LogP contribution in [0.2, 0.25) is 0 Å². The molecule has 0 spiro atoms. The number of hydrogen-bond donors (Lipinski definition) is 1. The number of nitrogens with zero attached hydrogens (tertiary/aromatic N) is 3. The molecule has 1 aromatic rings. The van der Waals surface area contributed by atoms with Gasteiger partial charge >= 0.3 is 0 Å². The van der Waals surface area contributed by atoms with Crippen LogP contribution in [0.25, 0.3) is 0 Å². The van der Waals surface area contributed by atoms with Crippen molar-refractivity contribution in [1.82, 2.24) is 14.6 Å². The Bertz CT molecular complexity index is 690. The van der Waals surface area contributed by atoms with E-state index in [-0.39, 0.29) is 11.8 Å². The Labute approximate surface area is 153 Å². The van der Waals surface area contributed by atoms with Gasteiger partial charge in [0.1, 0.15) is 0 Å². The Kier molecular flexibility index (Phi) is 5.96. The van der Waals surface area contributed by atoms with Crippen LogP contribution in [-0.2, 0) is 21.2 Å². The summed E-state index contributed by atoms with van der Waals surface area (Å²) < 4.78 is 24.5. The molecular formula is C16H26N4O3S2. The topological polar surface area (TPSA) is 82.6 Å². The van der Waals surface area contributed by atoms with E-state index >= 15 is 0 Å². The minimum absolute atomic E-state index is 0.0307. The number of thiazole rings is 1. The molecule has 0 aliphatic carbocycles. The summed E-state index contributed by atoms with van der Waals surface area (Å²) in [6.07, 6.45) is 5.62. The molecule has 2 fully saturated rings. The van der Waals surface area contributed by atoms with Gasteiger partial charge in [-0.1, -0.05) is 0 Å². The third-order valence-electron chi connectivity index (χ3n) is 4.89. The van der Waals surface area contributed by atoms with Crippen LogP contribution in [-0.4, -0.2) is 62.6 Å². The average Bonchev–Trinajstić information content (AvgIpc) is 3.25. The molecule has 1 aromatic heterocycles. The molecule has 1 amide bonds. The van der Waals surface area contributed by atoms with Gasteiger partial charge in [0.2, 0.25) is 15.9 Å². The fourth-order valence-corrected chi connectivity index (χ4v) is 5.16. The highest BCUT2D eigenvalue weighted by Gasteiger charge is 2.28. The van der Waals surface area contributed by atoms with Crippen molar-refractivity contribution in [2.45, 2.75) is 32.1 Å². The number of sulfonamides is 1. The molecule has 0 atom stereocenters. The van der Waals surface area contributed by atoms with Crippen molar-refractivity contribution in [3.8, 4) is 0 Å². The first-order valence-corrected chi connectivity index (χ1v) is 11.6. The standard InChI is InChI=1S/C16H26N4O3S2/c1-25(22,23)20-10-5-13(6-11-20)15(21)17-7-4-14-12-24-16(18-14)19-8-2-3-9-19/h12-13H,2-11H2,1H3,(H,17,21). The van der Waals surface area contributed by atoms with Gasteiger partial charge < -0.3 is 10.2 Å². The summed E-state index contributed by atoms with van der Waals surface area (Å²) in [5.41, 5.74) is 1.03. The van der Waals surface area contributed by atoms with Crippen molar-refractivity contribution < 1.29 is 13.2 Å². The number of carbonyl (C=O) groups is 1. The van der Waals surface area contributed by atoms with Gasteiger partial charge in [-0.25, -0.2) is 17.7 Å². The average molecular weight is 387 g/mol. The first-order chi connectivity index (χ1) is 11.9. The highest BCUT2D eigenvalue weighted by Crippen LogP contribution is 2.24. The van der Waals surface area contributed by atoms with Crippen molar-refractivity contribution in [3.05, 3.63) is 11.1 Å². The van der Waals surface area contributed by atoms with E-state index in [9.17, 15) is 13.2 Å². The molecule has 0 radical (unpaired) electrons. The van der Waals surface area contributed by atoms with E-state index in [0.29, 0.717) is 32.5 Å². The van der Waals surface area contributed by atoms with Crippen LogP contribution < -0.4 is 10.2 Å². The Morgan fingerprint density at radius 2 is 1.96 bits per heavy atom. The van der Waals surface area contributed by atoms with Gasteiger partial charge in [0.05, 0.1) is 11.9 Å². The Balaban J connectivity index is 1.40. The predicted molar refractivity (Wildman–Crippen MR) is 99.4 cm³/mol. The smallest absolute Gasteiger partial charge is 0.223 e. The fourth-order valence-electron chi connectivity index (χ4n) is 3.37. The second-order valence-electron chi connectivity index (χ2n) is 6.79. The summed E-state index contributed by atoms with van der Waals surface area (Å²) >= 11 is 1.68. The number of anilines is 1. The SMILES string of the molecule is CS(=O)(=O)N1CCC(C(=O)NCCc2csc(N3CCCC3)n2)CC1. The number of aromatic nitrogens is 1. The molecule has 2 saturated heterocycles. The lowest BCUT2D eigenvalue weighted by atomic mass is 9.97. The van der Waals surface area contributed by atoms with Crippen LogP contribution in [0.1, 0.15) is 31.4 Å². The molecule has 0 unspecified atom stereocenters. The van der Waals surface area contributed by atoms with Gasteiger partial charge in [-0.3, -0.25) is 4.79 Å². The van der Waals surface area contributed by atoms with Crippen LogP contribution in [0.4, 0.5) is 5.13 Å². The maximum Gasteiger partial charge on any atom is 0.223 e. The van der Waals surface area contributed by atoms with Gasteiger partial charge in [0, 0.05) is 50.4 Å². The molecule has 1 N–H and O–H groups in total. The normalized spacial score (nSPS) is 20.1. The largest absolute Gasteiger partial charge is 0.355 e. The minimum Gasteiger partial charge on any atom is -0.355 e. The Hall–Kier alpha value is -1.19. The lowest BCUT2D eigenvalue weighted by Crippen LogP contribution is -2.42. The summed E-state index contributed by atoms with van der Waals surface area (Å²) in [5.74, 6) is -0.0586. The third-order valence-corrected chi connectivity index (χ3v) is 7.14. The van der Waals surface area contributed by atoms with E-state index < -0.39 is 10.0 Å². The van der Waals surface area contributed by atoms with Crippen LogP contribution in [0.5, 0.6) is 0 Å². The zero-order valence-electron chi connectivity index (χ0n) is 14.6. The van der Waals surface area contributed by atoms with E-state index in [0.717, 1.165) is 30.3 Å². The Morgan fingerprint density at radius 1 is 1.28 bits per heavy atom. The molecule has 7 nitrogen and oxygen atoms in total. The fraction of sp³-hybridized carbons (Fsp3) is 0.750. The maximum absolute atomic E-state index is 12.3. The van der Waals surface area contributed by atoms with E-state index in [4.69, 9.17) is 0 Å². The van der Waals surface area contributed by atoms with Gasteiger partial charge in [-0.15, -0.1) is 11.3 Å². The molecular weight excluding hydrogens is 360 g/mol. The van der Waals surface area contributed by atoms with Gasteiger partial charge in [0.25, 0.3) is 0 Å². The third kappa shape index (κ3) is 4.92. The second kappa shape index (κ2) is 8.01. The Morgan fingerprint density at radius 3 is 2.60 bits per heavy atom. The van der Waals surface area contributed by atoms with Gasteiger partial charge in [-0.05, 0) is 25.7 Å². The first kappa shape index (κ1) is 18.6. The zero-order valence-corrected chi connectivity index (χ0v) is 16.2. The van der Waals surface area contributed by atoms with E-state index in [1.165, 1.54) is 23.4 Å². The van der Waals surface area contributed by atoms with E-state index in [2.05, 4.69) is 20.6 Å². The molecule has 2 aliphatic rings. The number of amides is 1. The summed E-state index contributed by atoms with van der Waals surface area (Å²) in [7, 11) is -3.14. The molecule has 3 heterocycles. The van der Waals surface area contributed by atoms with Crippen molar-refractivity contribution in [2.24, 2.45) is 5.92 Å². The van der Waals surface area contributed by atoms with E-state index in [1.807, 2.05) is 0 Å². The monoisotopic (exact) mass is 386 g/mol. The highest BCUT2D eigenvalue weighted by molar-refractivity contribution is 7.88. The van der Waals surface area contributed by atoms with Crippen molar-refractivity contribution in [3.63, 3.8) is 0 Å². The molecule has 0 bridgehead atoms. The summed E-state index contributed by atoms with van der Waals surface area (Å²) in [5, 5.41) is 6.14. The van der Waals surface area contributed by atoms with Crippen LogP contribution >= 0.6 is 11.3 Å². The number of nitrogens with one attached hydrogen (secondary N) is 1. The lowest BCUT2D eigenvalue weighted by Gasteiger charge is -2.29. The molecule has 0 aromatic carbocycles. The van der Waals surface area contributed by atoms with Gasteiger partial charge in [0.15, 0.2) is 5.13 Å². The molecule has 140 valence electrons. The van der Waals surface area contributed by atoms with Crippen molar-refractivity contribution >= 4 is 32.4 Å². The van der Waals surface area contributed by atoms with Crippen LogP contribution in [0, 0.1) is 5.92 Å². The highest BCUT2D eigenvalue weighted by atomic mass is 32.2. The maximum atomic E-state index is 12.3. The second-order valence-corrected chi connectivity index (χ2v) is 9.61. The minimum atomic E-state index is -3.14. The first-order valence-electron chi connectivity index (χ1n) is 8.85. The predicted octanol–water partition coefficient (Wildman–Crippen LogP) is 1.07. The number of piperidine rings is 1. The molecule has 0 saturated carbocycles. The summed E-state index contributed by atoms with van der Waals surface area (Å²) in [4.78, 5) is 19.2. The zero-order chi connectivity index (χ0) is 17.9. The van der Waals surface area contributed by atoms with Crippen LogP contribution in [0.15, 0.2) is 5.38 Å². The summed E-state index contributed by atoms with van der Waals surface area (Å²) in [6, 6.07) is 0. The summed E-state index contributed by atoms with van der Waals surface area (Å²) in [6.45, 7) is 3.63. The molecule has 2 aliphatic heterocycles. The van der Waals surface area contributed by atoms with Crippen molar-refractivity contribution in [1.29, 1.82) is 0 Å². The molecule has 9 heteroatoms. The number of rotatable bonds is 6. The van der Waals surface area contributed by atoms with Crippen molar-refractivity contribution in [2.75, 3.05) is 43.9 Å². The van der Waals surface area contributed by atoms with Gasteiger partial charge in [-0.2, -0.15) is 0 Å².